The molecule has 28 heavy (non-hydrogen) atoms. The number of para-hydroxylation sites is 1. The Hall–Kier alpha value is -2.08. The highest BCUT2D eigenvalue weighted by Crippen LogP contribution is 2.40. The quantitative estimate of drug-likeness (QED) is 0.884. The van der Waals surface area contributed by atoms with Crippen LogP contribution in [0.25, 0.3) is 0 Å². The third kappa shape index (κ3) is 3.17. The summed E-state index contributed by atoms with van der Waals surface area (Å²) < 4.78 is 11.2. The molecule has 148 valence electrons. The highest BCUT2D eigenvalue weighted by molar-refractivity contribution is 5.48. The Morgan fingerprint density at radius 1 is 0.964 bits per heavy atom. The van der Waals surface area contributed by atoms with Gasteiger partial charge in [-0.25, -0.2) is 0 Å². The van der Waals surface area contributed by atoms with Crippen molar-refractivity contribution in [1.29, 1.82) is 0 Å². The van der Waals surface area contributed by atoms with Gasteiger partial charge in [0.2, 0.25) is 6.79 Å². The number of aliphatic hydroxyl groups is 1. The van der Waals surface area contributed by atoms with E-state index in [0.29, 0.717) is 6.79 Å². The number of likely N-dealkylation sites (tertiary alicyclic amines) is 2. The Morgan fingerprint density at radius 3 is 2.61 bits per heavy atom. The molecule has 0 unspecified atom stereocenters. The van der Waals surface area contributed by atoms with Gasteiger partial charge >= 0.3 is 0 Å². The van der Waals surface area contributed by atoms with E-state index in [1.807, 2.05) is 30.3 Å². The zero-order valence-corrected chi connectivity index (χ0v) is 16.2. The fourth-order valence-corrected chi connectivity index (χ4v) is 5.02. The van der Waals surface area contributed by atoms with Gasteiger partial charge in [-0.1, -0.05) is 42.5 Å². The van der Waals surface area contributed by atoms with Gasteiger partial charge in [0, 0.05) is 25.2 Å². The first kappa shape index (κ1) is 18.0. The Kier molecular flexibility index (Phi) is 4.75. The maximum absolute atomic E-state index is 11.8. The number of fused-ring (bicyclic) bond motifs is 1. The average molecular weight is 380 g/mol. The van der Waals surface area contributed by atoms with E-state index in [1.165, 1.54) is 18.4 Å². The van der Waals surface area contributed by atoms with Gasteiger partial charge in [-0.2, -0.15) is 0 Å². The number of ether oxygens (including phenoxy) is 2. The third-order valence-corrected chi connectivity index (χ3v) is 6.52. The summed E-state index contributed by atoms with van der Waals surface area (Å²) in [4.78, 5) is 4.95. The molecule has 0 saturated carbocycles. The smallest absolute Gasteiger partial charge is 0.231 e. The van der Waals surface area contributed by atoms with E-state index in [2.05, 4.69) is 28.0 Å². The van der Waals surface area contributed by atoms with Crippen molar-refractivity contribution in [2.45, 2.75) is 37.5 Å². The molecule has 0 amide bonds. The Bertz CT molecular complexity index is 822. The topological polar surface area (TPSA) is 45.2 Å². The van der Waals surface area contributed by atoms with Crippen LogP contribution in [0.5, 0.6) is 11.5 Å². The van der Waals surface area contributed by atoms with Crippen molar-refractivity contribution >= 4 is 0 Å². The molecule has 0 aromatic heterocycles. The lowest BCUT2D eigenvalue weighted by Crippen LogP contribution is -2.60. The van der Waals surface area contributed by atoms with Crippen LogP contribution in [0.15, 0.2) is 48.5 Å². The van der Waals surface area contributed by atoms with Crippen LogP contribution in [0.3, 0.4) is 0 Å². The molecule has 2 aromatic carbocycles. The molecule has 2 fully saturated rings. The summed E-state index contributed by atoms with van der Waals surface area (Å²) in [5.74, 6) is 1.72. The van der Waals surface area contributed by atoms with E-state index in [0.717, 1.165) is 56.2 Å². The summed E-state index contributed by atoms with van der Waals surface area (Å²) in [5.41, 5.74) is 1.42. The predicted octanol–water partition coefficient (Wildman–Crippen LogP) is 2.97. The lowest BCUT2D eigenvalue weighted by molar-refractivity contribution is -0.0959. The highest BCUT2D eigenvalue weighted by Gasteiger charge is 2.46. The molecule has 3 aliphatic heterocycles. The van der Waals surface area contributed by atoms with E-state index in [9.17, 15) is 5.11 Å². The number of rotatable bonds is 4. The molecule has 5 rings (SSSR count). The number of hydrogen-bond acceptors (Lipinski definition) is 5. The van der Waals surface area contributed by atoms with E-state index in [-0.39, 0.29) is 6.04 Å². The molecule has 0 radical (unpaired) electrons. The summed E-state index contributed by atoms with van der Waals surface area (Å²) in [6, 6.07) is 16.5. The second kappa shape index (κ2) is 7.39. The Labute approximate surface area is 166 Å². The van der Waals surface area contributed by atoms with Crippen LogP contribution in [0.2, 0.25) is 0 Å². The van der Waals surface area contributed by atoms with Crippen molar-refractivity contribution in [3.8, 4) is 11.5 Å². The second-order valence-electron chi connectivity index (χ2n) is 8.19. The van der Waals surface area contributed by atoms with Crippen molar-refractivity contribution in [3.05, 3.63) is 59.7 Å². The van der Waals surface area contributed by atoms with Crippen molar-refractivity contribution in [2.24, 2.45) is 0 Å². The summed E-state index contributed by atoms with van der Waals surface area (Å²) >= 11 is 0. The summed E-state index contributed by atoms with van der Waals surface area (Å²) in [7, 11) is 0. The zero-order valence-electron chi connectivity index (χ0n) is 16.2. The zero-order chi connectivity index (χ0) is 19.0. The van der Waals surface area contributed by atoms with Crippen LogP contribution < -0.4 is 9.47 Å². The predicted molar refractivity (Wildman–Crippen MR) is 107 cm³/mol. The van der Waals surface area contributed by atoms with E-state index in [4.69, 9.17) is 9.47 Å². The van der Waals surface area contributed by atoms with Crippen LogP contribution in [0.1, 0.15) is 30.4 Å². The van der Waals surface area contributed by atoms with Crippen LogP contribution in [0, 0.1) is 0 Å². The average Bonchev–Trinajstić information content (AvgIpc) is 3.42. The van der Waals surface area contributed by atoms with Crippen LogP contribution >= 0.6 is 0 Å². The first-order chi connectivity index (χ1) is 13.7. The minimum atomic E-state index is -0.791. The maximum atomic E-state index is 11.8. The largest absolute Gasteiger partial charge is 0.454 e. The number of hydrogen-bond donors (Lipinski definition) is 1. The molecule has 2 aromatic rings. The molecule has 5 nitrogen and oxygen atoms in total. The third-order valence-electron chi connectivity index (χ3n) is 6.52. The van der Waals surface area contributed by atoms with E-state index >= 15 is 0 Å². The summed E-state index contributed by atoms with van der Waals surface area (Å²) in [5, 5.41) is 11.8. The SMILES string of the molecule is O[C@]1(c2ccccc2)CCN(Cc2cccc3c2OCO3)C[C@H]1N1CCCC1. The number of nitrogens with zero attached hydrogens (tertiary/aromatic N) is 2. The van der Waals surface area contributed by atoms with Gasteiger partial charge in [-0.3, -0.25) is 9.80 Å². The Morgan fingerprint density at radius 2 is 1.79 bits per heavy atom. The van der Waals surface area contributed by atoms with Crippen molar-refractivity contribution in [3.63, 3.8) is 0 Å². The summed E-state index contributed by atoms with van der Waals surface area (Å²) in [6.45, 7) is 4.99. The standard InChI is InChI=1S/C23H28N2O3/c26-23(19-8-2-1-3-9-19)11-14-24(16-21(23)25-12-4-5-13-25)15-18-7-6-10-20-22(18)28-17-27-20/h1-3,6-10,21,26H,4-5,11-17H2/t21-,23+/m1/s1. The first-order valence-corrected chi connectivity index (χ1v) is 10.4. The van der Waals surface area contributed by atoms with Crippen molar-refractivity contribution < 1.29 is 14.6 Å². The molecular formula is C23H28N2O3. The van der Waals surface area contributed by atoms with Gasteiger partial charge in [0.25, 0.3) is 0 Å². The van der Waals surface area contributed by atoms with Crippen molar-refractivity contribution in [1.82, 2.24) is 9.80 Å². The molecule has 0 bridgehead atoms. The minimum absolute atomic E-state index is 0.111. The fourth-order valence-electron chi connectivity index (χ4n) is 5.02. The normalized spacial score (nSPS) is 28.0. The molecular weight excluding hydrogens is 352 g/mol. The minimum Gasteiger partial charge on any atom is -0.454 e. The molecule has 1 N–H and O–H groups in total. The van der Waals surface area contributed by atoms with Crippen LogP contribution in [-0.2, 0) is 12.1 Å². The van der Waals surface area contributed by atoms with Gasteiger partial charge in [0.1, 0.15) is 5.60 Å². The monoisotopic (exact) mass is 380 g/mol. The van der Waals surface area contributed by atoms with Gasteiger partial charge in [-0.05, 0) is 44.0 Å². The molecule has 3 aliphatic rings. The maximum Gasteiger partial charge on any atom is 0.231 e. The highest BCUT2D eigenvalue weighted by atomic mass is 16.7. The summed E-state index contributed by atoms with van der Waals surface area (Å²) in [6.07, 6.45) is 3.18. The van der Waals surface area contributed by atoms with Gasteiger partial charge in [0.05, 0.1) is 6.04 Å². The van der Waals surface area contributed by atoms with Crippen LogP contribution in [0.4, 0.5) is 0 Å². The first-order valence-electron chi connectivity index (χ1n) is 10.4. The van der Waals surface area contributed by atoms with Gasteiger partial charge in [0.15, 0.2) is 11.5 Å². The lowest BCUT2D eigenvalue weighted by atomic mass is 9.79. The molecule has 0 aliphatic carbocycles. The van der Waals surface area contributed by atoms with Crippen molar-refractivity contribution in [2.75, 3.05) is 33.0 Å². The lowest BCUT2D eigenvalue weighted by Gasteiger charge is -2.48. The Balaban J connectivity index is 1.40. The van der Waals surface area contributed by atoms with Gasteiger partial charge in [-0.15, -0.1) is 0 Å². The van der Waals surface area contributed by atoms with E-state index < -0.39 is 5.60 Å². The van der Waals surface area contributed by atoms with Gasteiger partial charge < -0.3 is 14.6 Å². The molecule has 3 heterocycles. The molecule has 2 saturated heterocycles. The molecule has 0 spiro atoms. The second-order valence-corrected chi connectivity index (χ2v) is 8.19. The molecule has 2 atom stereocenters. The van der Waals surface area contributed by atoms with Crippen LogP contribution in [-0.4, -0.2) is 53.9 Å². The van der Waals surface area contributed by atoms with E-state index in [1.54, 1.807) is 0 Å². The fraction of sp³-hybridized carbons (Fsp3) is 0.478. The number of benzene rings is 2. The molecule has 5 heteroatoms. The number of piperidine rings is 1.